The number of hydrogen-bond acceptors (Lipinski definition) is 5. The Morgan fingerprint density at radius 2 is 1.81 bits per heavy atom. The molecule has 27 heavy (non-hydrogen) atoms. The number of halogens is 1. The van der Waals surface area contributed by atoms with Crippen molar-refractivity contribution in [3.63, 3.8) is 0 Å². The number of rotatable bonds is 6. The molecule has 3 aromatic rings. The minimum Gasteiger partial charge on any atom is -0.363 e. The molecule has 1 heterocycles. The Kier molecular flexibility index (Phi) is 5.34. The highest BCUT2D eigenvalue weighted by atomic mass is 35.5. The van der Waals surface area contributed by atoms with E-state index in [1.165, 1.54) is 4.57 Å². The van der Waals surface area contributed by atoms with E-state index in [1.54, 1.807) is 42.5 Å². The fraction of sp³-hybridized carbons (Fsp3) is 0.158. The van der Waals surface area contributed by atoms with E-state index >= 15 is 0 Å². The first-order valence-electron chi connectivity index (χ1n) is 8.17. The van der Waals surface area contributed by atoms with Crippen molar-refractivity contribution in [1.29, 1.82) is 0 Å². The lowest BCUT2D eigenvalue weighted by Crippen LogP contribution is -2.22. The summed E-state index contributed by atoms with van der Waals surface area (Å²) in [4.78, 5) is 26.9. The molecule has 2 N–H and O–H groups in total. The van der Waals surface area contributed by atoms with Gasteiger partial charge in [0, 0.05) is 16.1 Å². The summed E-state index contributed by atoms with van der Waals surface area (Å²) in [6, 6.07) is 13.7. The van der Waals surface area contributed by atoms with Crippen molar-refractivity contribution in [2.45, 2.75) is 6.54 Å². The second kappa shape index (κ2) is 7.69. The fourth-order valence-corrected chi connectivity index (χ4v) is 2.92. The third-order valence-electron chi connectivity index (χ3n) is 3.89. The number of carbonyl (C=O) groups is 2. The zero-order valence-electron chi connectivity index (χ0n) is 14.9. The Hall–Kier alpha value is -3.03. The van der Waals surface area contributed by atoms with Crippen LogP contribution in [0, 0.1) is 0 Å². The summed E-state index contributed by atoms with van der Waals surface area (Å²) in [7, 11) is 3.72. The number of hydrogen-bond donors (Lipinski definition) is 1. The van der Waals surface area contributed by atoms with Gasteiger partial charge >= 0.3 is 0 Å². The lowest BCUT2D eigenvalue weighted by molar-refractivity contribution is 0.0985. The average molecular weight is 384 g/mol. The van der Waals surface area contributed by atoms with E-state index in [4.69, 9.17) is 17.3 Å². The number of primary amides is 1. The van der Waals surface area contributed by atoms with Crippen LogP contribution in [0.15, 0.2) is 48.5 Å². The first kappa shape index (κ1) is 18.8. The molecule has 1 amide bonds. The van der Waals surface area contributed by atoms with Gasteiger partial charge < -0.3 is 10.6 Å². The zero-order chi connectivity index (χ0) is 19.6. The van der Waals surface area contributed by atoms with Crippen LogP contribution in [0.3, 0.4) is 0 Å². The molecule has 0 radical (unpaired) electrons. The van der Waals surface area contributed by atoms with Gasteiger partial charge in [-0.3, -0.25) is 14.2 Å². The molecule has 0 atom stereocenters. The minimum absolute atomic E-state index is 0.0451. The summed E-state index contributed by atoms with van der Waals surface area (Å²) < 4.78 is 1.51. The molecule has 8 heteroatoms. The number of aromatic nitrogens is 3. The predicted octanol–water partition coefficient (Wildman–Crippen LogP) is 2.31. The minimum atomic E-state index is -0.736. The lowest BCUT2D eigenvalue weighted by atomic mass is 10.0. The standard InChI is InChI=1S/C19H18ClN5O2/c1-24(2)11-16-22-23-19(18(21)27)25(16)15-9-8-13(20)10-14(15)17(26)12-6-4-3-5-7-12/h3-10H,11H2,1-2H3,(H2,21,27). The SMILES string of the molecule is CN(C)Cc1nnc(C(N)=O)n1-c1ccc(Cl)cc1C(=O)c1ccccc1. The van der Waals surface area contributed by atoms with Gasteiger partial charge in [0.25, 0.3) is 5.91 Å². The summed E-state index contributed by atoms with van der Waals surface area (Å²) >= 11 is 6.14. The molecule has 0 unspecified atom stereocenters. The van der Waals surface area contributed by atoms with Gasteiger partial charge in [0.1, 0.15) is 0 Å². The van der Waals surface area contributed by atoms with E-state index in [1.807, 2.05) is 25.1 Å². The Bertz CT molecular complexity index is 999. The monoisotopic (exact) mass is 383 g/mol. The maximum atomic E-state index is 13.1. The number of ketones is 1. The Balaban J connectivity index is 2.23. The van der Waals surface area contributed by atoms with Gasteiger partial charge in [0.2, 0.25) is 5.82 Å². The Morgan fingerprint density at radius 1 is 1.11 bits per heavy atom. The first-order valence-corrected chi connectivity index (χ1v) is 8.54. The molecule has 0 saturated heterocycles. The van der Waals surface area contributed by atoms with Crippen LogP contribution in [0.4, 0.5) is 0 Å². The van der Waals surface area contributed by atoms with E-state index in [9.17, 15) is 9.59 Å². The summed E-state index contributed by atoms with van der Waals surface area (Å²) in [6.45, 7) is 0.405. The smallest absolute Gasteiger partial charge is 0.287 e. The highest BCUT2D eigenvalue weighted by Gasteiger charge is 2.23. The summed E-state index contributed by atoms with van der Waals surface area (Å²) in [5, 5.41) is 8.39. The quantitative estimate of drug-likeness (QED) is 0.659. The fourth-order valence-electron chi connectivity index (χ4n) is 2.74. The van der Waals surface area contributed by atoms with Crippen molar-refractivity contribution in [3.8, 4) is 5.69 Å². The molecule has 0 saturated carbocycles. The van der Waals surface area contributed by atoms with Crippen LogP contribution >= 0.6 is 11.6 Å². The highest BCUT2D eigenvalue weighted by Crippen LogP contribution is 2.25. The molecule has 0 spiro atoms. The van der Waals surface area contributed by atoms with Gasteiger partial charge in [-0.05, 0) is 32.3 Å². The number of nitrogens with two attached hydrogens (primary N) is 1. The molecule has 0 bridgehead atoms. The van der Waals surface area contributed by atoms with Gasteiger partial charge in [-0.25, -0.2) is 0 Å². The van der Waals surface area contributed by atoms with Crippen LogP contribution < -0.4 is 5.73 Å². The predicted molar refractivity (Wildman–Crippen MR) is 102 cm³/mol. The number of benzene rings is 2. The van der Waals surface area contributed by atoms with Crippen molar-refractivity contribution in [2.24, 2.45) is 5.73 Å². The third-order valence-corrected chi connectivity index (χ3v) is 4.12. The molecule has 3 rings (SSSR count). The maximum Gasteiger partial charge on any atom is 0.287 e. The van der Waals surface area contributed by atoms with Crippen LogP contribution in [0.25, 0.3) is 5.69 Å². The van der Waals surface area contributed by atoms with Crippen molar-refractivity contribution in [2.75, 3.05) is 14.1 Å². The maximum absolute atomic E-state index is 13.1. The van der Waals surface area contributed by atoms with Crippen LogP contribution in [-0.2, 0) is 6.54 Å². The van der Waals surface area contributed by atoms with Crippen molar-refractivity contribution >= 4 is 23.3 Å². The van der Waals surface area contributed by atoms with E-state index in [2.05, 4.69) is 10.2 Å². The normalized spacial score (nSPS) is 11.0. The van der Waals surface area contributed by atoms with Crippen LogP contribution in [0.2, 0.25) is 5.02 Å². The third kappa shape index (κ3) is 3.89. The molecule has 138 valence electrons. The van der Waals surface area contributed by atoms with Gasteiger partial charge in [0.15, 0.2) is 11.6 Å². The van der Waals surface area contributed by atoms with E-state index < -0.39 is 5.91 Å². The highest BCUT2D eigenvalue weighted by molar-refractivity contribution is 6.31. The van der Waals surface area contributed by atoms with Gasteiger partial charge in [0.05, 0.1) is 12.2 Å². The second-order valence-electron chi connectivity index (χ2n) is 6.23. The van der Waals surface area contributed by atoms with Crippen LogP contribution in [-0.4, -0.2) is 45.5 Å². The zero-order valence-corrected chi connectivity index (χ0v) is 15.6. The molecule has 2 aromatic carbocycles. The van der Waals surface area contributed by atoms with Gasteiger partial charge in [-0.1, -0.05) is 41.9 Å². The first-order chi connectivity index (χ1) is 12.9. The number of carbonyl (C=O) groups excluding carboxylic acids is 2. The number of nitrogens with zero attached hydrogens (tertiary/aromatic N) is 4. The Morgan fingerprint density at radius 3 is 2.44 bits per heavy atom. The van der Waals surface area contributed by atoms with Crippen molar-refractivity contribution < 1.29 is 9.59 Å². The molecule has 1 aromatic heterocycles. The van der Waals surface area contributed by atoms with Crippen LogP contribution in [0.1, 0.15) is 32.4 Å². The average Bonchev–Trinajstić information content (AvgIpc) is 3.04. The molecule has 0 aliphatic rings. The van der Waals surface area contributed by atoms with Crippen LogP contribution in [0.5, 0.6) is 0 Å². The van der Waals surface area contributed by atoms with Crippen molar-refractivity contribution in [1.82, 2.24) is 19.7 Å². The molecule has 0 aliphatic carbocycles. The Labute approximate surface area is 161 Å². The molecular formula is C19H18ClN5O2. The summed E-state index contributed by atoms with van der Waals surface area (Å²) in [5.41, 5.74) is 6.76. The van der Waals surface area contributed by atoms with Gasteiger partial charge in [-0.15, -0.1) is 10.2 Å². The second-order valence-corrected chi connectivity index (χ2v) is 6.67. The van der Waals surface area contributed by atoms with E-state index in [-0.39, 0.29) is 11.6 Å². The molecule has 7 nitrogen and oxygen atoms in total. The largest absolute Gasteiger partial charge is 0.363 e. The summed E-state index contributed by atoms with van der Waals surface area (Å²) in [5.74, 6) is -0.525. The van der Waals surface area contributed by atoms with Gasteiger partial charge in [-0.2, -0.15) is 0 Å². The summed E-state index contributed by atoms with van der Waals surface area (Å²) in [6.07, 6.45) is 0. The molecule has 0 aliphatic heterocycles. The van der Waals surface area contributed by atoms with Crippen molar-refractivity contribution in [3.05, 3.63) is 76.3 Å². The molecule has 0 fully saturated rings. The van der Waals surface area contributed by atoms with E-state index in [0.29, 0.717) is 34.2 Å². The number of amides is 1. The molecular weight excluding hydrogens is 366 g/mol. The van der Waals surface area contributed by atoms with E-state index in [0.717, 1.165) is 0 Å². The lowest BCUT2D eigenvalue weighted by Gasteiger charge is -2.16. The topological polar surface area (TPSA) is 94.1 Å².